The Bertz CT molecular complexity index is 370. The maximum atomic E-state index is 5.54. The van der Waals surface area contributed by atoms with Crippen molar-refractivity contribution in [2.45, 2.75) is 0 Å². The molecule has 62 valence electrons. The van der Waals surface area contributed by atoms with Gasteiger partial charge in [-0.2, -0.15) is 4.73 Å². The van der Waals surface area contributed by atoms with Crippen molar-refractivity contribution in [1.82, 2.24) is 19.7 Å². The second kappa shape index (κ2) is 2.33. The largest absolute Gasteiger partial charge is 0.414 e. The summed E-state index contributed by atoms with van der Waals surface area (Å²) < 4.78 is 1.40. The summed E-state index contributed by atoms with van der Waals surface area (Å²) >= 11 is 0. The molecule has 0 bridgehead atoms. The summed E-state index contributed by atoms with van der Waals surface area (Å²) in [5, 5.41) is 0. The van der Waals surface area contributed by atoms with E-state index in [9.17, 15) is 0 Å². The van der Waals surface area contributed by atoms with Crippen LogP contribution in [0, 0.1) is 0 Å². The van der Waals surface area contributed by atoms with E-state index in [0.29, 0.717) is 17.3 Å². The van der Waals surface area contributed by atoms with Crippen LogP contribution in [0.5, 0.6) is 0 Å². The molecule has 0 radical (unpaired) electrons. The highest BCUT2D eigenvalue weighted by molar-refractivity contribution is 5.64. The van der Waals surface area contributed by atoms with E-state index in [2.05, 4.69) is 15.0 Å². The lowest BCUT2D eigenvalue weighted by Gasteiger charge is -2.07. The van der Waals surface area contributed by atoms with Crippen molar-refractivity contribution in [3.63, 3.8) is 0 Å². The van der Waals surface area contributed by atoms with Gasteiger partial charge in [0.15, 0.2) is 11.5 Å². The van der Waals surface area contributed by atoms with Crippen molar-refractivity contribution in [2.75, 3.05) is 12.8 Å². The van der Waals surface area contributed by atoms with E-state index in [-0.39, 0.29) is 0 Å². The zero-order chi connectivity index (χ0) is 8.55. The number of hydrogen-bond acceptors (Lipinski definition) is 5. The highest BCUT2D eigenvalue weighted by Gasteiger charge is 2.14. The fourth-order valence-corrected chi connectivity index (χ4v) is 0.966. The van der Waals surface area contributed by atoms with Gasteiger partial charge < -0.3 is 10.6 Å². The summed E-state index contributed by atoms with van der Waals surface area (Å²) in [7, 11) is 1.52. The topological polar surface area (TPSA) is 78.9 Å². The van der Waals surface area contributed by atoms with Crippen molar-refractivity contribution in [2.24, 2.45) is 0 Å². The van der Waals surface area contributed by atoms with Gasteiger partial charge in [-0.15, -0.1) is 0 Å². The lowest BCUT2D eigenvalue weighted by Crippen LogP contribution is -2.12. The molecule has 0 fully saturated rings. The predicted molar refractivity (Wildman–Crippen MR) is 41.4 cm³/mol. The van der Waals surface area contributed by atoms with Crippen molar-refractivity contribution in [3.05, 3.63) is 12.7 Å². The minimum atomic E-state index is 0.357. The maximum Gasteiger partial charge on any atom is 0.201 e. The van der Waals surface area contributed by atoms with E-state index in [1.165, 1.54) is 24.5 Å². The van der Waals surface area contributed by atoms with Gasteiger partial charge in [-0.05, 0) is 0 Å². The highest BCUT2D eigenvalue weighted by Crippen LogP contribution is 2.19. The first-order chi connectivity index (χ1) is 5.83. The Kier molecular flexibility index (Phi) is 1.33. The molecule has 0 aromatic carbocycles. The molecule has 0 spiro atoms. The molecule has 12 heavy (non-hydrogen) atoms. The molecule has 0 saturated carbocycles. The van der Waals surface area contributed by atoms with Crippen LogP contribution in [0.2, 0.25) is 0 Å². The van der Waals surface area contributed by atoms with Gasteiger partial charge in [0.2, 0.25) is 5.82 Å². The molecule has 2 aliphatic heterocycles. The Hall–Kier alpha value is -1.85. The lowest BCUT2D eigenvalue weighted by atomic mass is 10.4. The van der Waals surface area contributed by atoms with Gasteiger partial charge in [0.1, 0.15) is 19.8 Å². The van der Waals surface area contributed by atoms with Crippen LogP contribution in [0.25, 0.3) is 11.5 Å². The molecule has 2 N–H and O–H groups in total. The zero-order valence-corrected chi connectivity index (χ0v) is 6.43. The molecule has 2 aliphatic rings. The first-order valence-electron chi connectivity index (χ1n) is 3.31. The van der Waals surface area contributed by atoms with E-state index in [0.717, 1.165) is 0 Å². The van der Waals surface area contributed by atoms with Crippen molar-refractivity contribution >= 4 is 5.82 Å². The minimum absolute atomic E-state index is 0.357. The van der Waals surface area contributed by atoms with Gasteiger partial charge in [0.05, 0.1) is 0 Å². The minimum Gasteiger partial charge on any atom is -0.414 e. The molecule has 0 aromatic heterocycles. The molecule has 0 unspecified atom stereocenters. The van der Waals surface area contributed by atoms with Crippen LogP contribution >= 0.6 is 0 Å². The molecule has 0 aliphatic carbocycles. The van der Waals surface area contributed by atoms with E-state index < -0.39 is 0 Å². The maximum absolute atomic E-state index is 5.54. The van der Waals surface area contributed by atoms with Crippen LogP contribution in [-0.2, 0) is 0 Å². The Labute approximate surface area is 68.3 Å². The third kappa shape index (κ3) is 0.777. The van der Waals surface area contributed by atoms with Crippen LogP contribution < -0.4 is 10.6 Å². The summed E-state index contributed by atoms with van der Waals surface area (Å²) in [6.07, 6.45) is 2.87. The van der Waals surface area contributed by atoms with Gasteiger partial charge in [-0.3, -0.25) is 0 Å². The zero-order valence-electron chi connectivity index (χ0n) is 6.43. The number of anilines is 1. The van der Waals surface area contributed by atoms with Crippen molar-refractivity contribution < 1.29 is 4.84 Å². The van der Waals surface area contributed by atoms with Crippen LogP contribution in [0.4, 0.5) is 5.82 Å². The van der Waals surface area contributed by atoms with Gasteiger partial charge in [0, 0.05) is 0 Å². The summed E-state index contributed by atoms with van der Waals surface area (Å²) in [6, 6.07) is 0. The SMILES string of the molecule is COn1cnc(N)c2ncnc1-2. The fraction of sp³-hybridized carbons (Fsp3) is 0.167. The molecule has 0 amide bonds. The number of hydrogen-bond donors (Lipinski definition) is 1. The molecule has 6 nitrogen and oxygen atoms in total. The van der Waals surface area contributed by atoms with E-state index >= 15 is 0 Å². The fourth-order valence-electron chi connectivity index (χ4n) is 0.966. The van der Waals surface area contributed by atoms with Crippen molar-refractivity contribution in [1.29, 1.82) is 0 Å². The Morgan fingerprint density at radius 1 is 1.42 bits per heavy atom. The Morgan fingerprint density at radius 3 is 3.00 bits per heavy atom. The third-order valence-corrected chi connectivity index (χ3v) is 1.53. The molecule has 0 saturated heterocycles. The van der Waals surface area contributed by atoms with Crippen LogP contribution in [-0.4, -0.2) is 26.8 Å². The molecule has 0 aromatic rings. The van der Waals surface area contributed by atoms with Gasteiger partial charge >= 0.3 is 0 Å². The average molecular weight is 165 g/mol. The van der Waals surface area contributed by atoms with Crippen molar-refractivity contribution in [3.8, 4) is 11.5 Å². The lowest BCUT2D eigenvalue weighted by molar-refractivity contribution is 0.164. The molecule has 0 atom stereocenters. The number of nitrogens with zero attached hydrogens (tertiary/aromatic N) is 4. The number of rotatable bonds is 1. The van der Waals surface area contributed by atoms with E-state index in [1.54, 1.807) is 0 Å². The Morgan fingerprint density at radius 2 is 2.25 bits per heavy atom. The first-order valence-corrected chi connectivity index (χ1v) is 3.31. The molecule has 2 heterocycles. The normalized spacial score (nSPS) is 10.4. The number of aromatic nitrogens is 4. The molecule has 6 heteroatoms. The standard InChI is InChI=1S/C6H7N5O/c1-12-11-3-10-5(7)4-6(11)9-2-8-4/h2-3H,7H2,1H3. The van der Waals surface area contributed by atoms with E-state index in [4.69, 9.17) is 10.6 Å². The van der Waals surface area contributed by atoms with Gasteiger partial charge in [-0.1, -0.05) is 0 Å². The summed E-state index contributed by atoms with van der Waals surface area (Å²) in [6.45, 7) is 0. The molecular formula is C6H7N5O. The second-order valence-corrected chi connectivity index (χ2v) is 2.18. The summed E-state index contributed by atoms with van der Waals surface area (Å²) in [5.74, 6) is 0.931. The number of fused-ring (bicyclic) bond motifs is 1. The van der Waals surface area contributed by atoms with Crippen LogP contribution in [0.1, 0.15) is 0 Å². The average Bonchev–Trinajstić information content (AvgIpc) is 2.54. The van der Waals surface area contributed by atoms with Crippen LogP contribution in [0.15, 0.2) is 12.7 Å². The van der Waals surface area contributed by atoms with E-state index in [1.807, 2.05) is 0 Å². The second-order valence-electron chi connectivity index (χ2n) is 2.18. The molecule has 2 rings (SSSR count). The van der Waals surface area contributed by atoms with Gasteiger partial charge in [0.25, 0.3) is 0 Å². The van der Waals surface area contributed by atoms with Crippen LogP contribution in [0.3, 0.4) is 0 Å². The number of imidazole rings is 1. The third-order valence-electron chi connectivity index (χ3n) is 1.53. The monoisotopic (exact) mass is 165 g/mol. The summed E-state index contributed by atoms with van der Waals surface area (Å²) in [4.78, 5) is 16.7. The number of nitrogen functional groups attached to an aromatic ring is 1. The highest BCUT2D eigenvalue weighted by atomic mass is 16.6. The first kappa shape index (κ1) is 6.84. The Balaban J connectivity index is 2.71. The predicted octanol–water partition coefficient (Wildman–Crippen LogP) is -0.582. The van der Waals surface area contributed by atoms with Gasteiger partial charge in [-0.25, -0.2) is 15.0 Å². The smallest absolute Gasteiger partial charge is 0.201 e. The summed E-state index contributed by atoms with van der Waals surface area (Å²) in [5.41, 5.74) is 6.10. The number of nitrogens with two attached hydrogens (primary N) is 1. The quantitative estimate of drug-likeness (QED) is 0.611. The molecular weight excluding hydrogens is 158 g/mol.